The fraction of sp³-hybridized carbons (Fsp3) is 0.300. The Labute approximate surface area is 126 Å². The Morgan fingerprint density at radius 3 is 2.60 bits per heavy atom. The molecule has 6 nitrogen and oxygen atoms in total. The normalized spacial score (nSPS) is 13.0. The molecule has 1 unspecified atom stereocenters. The molecule has 0 heterocycles. The minimum atomic E-state index is -4.28. The molecule has 0 aliphatic rings. The summed E-state index contributed by atoms with van der Waals surface area (Å²) >= 11 is 2.98. The van der Waals surface area contributed by atoms with Crippen molar-refractivity contribution in [2.24, 2.45) is 5.14 Å². The van der Waals surface area contributed by atoms with Crippen LogP contribution >= 0.6 is 15.9 Å². The van der Waals surface area contributed by atoms with Crippen LogP contribution in [0.5, 0.6) is 0 Å². The van der Waals surface area contributed by atoms with Crippen molar-refractivity contribution < 1.29 is 21.8 Å². The number of nitrogens with two attached hydrogens (primary N) is 1. The van der Waals surface area contributed by atoms with E-state index in [9.17, 15) is 21.8 Å². The van der Waals surface area contributed by atoms with Gasteiger partial charge in [-0.1, -0.05) is 15.9 Å². The van der Waals surface area contributed by atoms with Crippen LogP contribution in [0.1, 0.15) is 10.4 Å². The summed E-state index contributed by atoms with van der Waals surface area (Å²) in [5.74, 6) is -1.81. The number of nitrogens with one attached hydrogen (secondary N) is 1. The van der Waals surface area contributed by atoms with E-state index in [4.69, 9.17) is 5.14 Å². The number of amides is 1. The highest BCUT2D eigenvalue weighted by atomic mass is 79.9. The van der Waals surface area contributed by atoms with Crippen LogP contribution in [0.4, 0.5) is 4.39 Å². The molecule has 1 rings (SSSR count). The third kappa shape index (κ3) is 4.62. The van der Waals surface area contributed by atoms with Crippen LogP contribution in [-0.4, -0.2) is 37.1 Å². The van der Waals surface area contributed by atoms with Gasteiger partial charge in [0.15, 0.2) is 5.82 Å². The zero-order chi connectivity index (χ0) is 15.5. The standard InChI is InChI=1S/C10H12BrFN2O4S2/c1-19(16)3-2-14-10(15)7-4-6(11)5-8(9(7)12)20(13,17)18/h4-5H,2-3H2,1H3,(H,14,15)(H2,13,17,18). The van der Waals surface area contributed by atoms with E-state index in [1.54, 1.807) is 0 Å². The van der Waals surface area contributed by atoms with E-state index in [0.717, 1.165) is 12.1 Å². The summed E-state index contributed by atoms with van der Waals surface area (Å²) in [5, 5.41) is 7.22. The smallest absolute Gasteiger partial charge is 0.254 e. The summed E-state index contributed by atoms with van der Waals surface area (Å²) in [6.45, 7) is 0.0820. The molecule has 1 aromatic carbocycles. The maximum Gasteiger partial charge on any atom is 0.254 e. The number of rotatable bonds is 5. The Morgan fingerprint density at radius 1 is 1.50 bits per heavy atom. The van der Waals surface area contributed by atoms with Crippen molar-refractivity contribution in [3.63, 3.8) is 0 Å². The van der Waals surface area contributed by atoms with Gasteiger partial charge in [-0.3, -0.25) is 9.00 Å². The number of carbonyl (C=O) groups is 1. The molecular weight excluding hydrogens is 375 g/mol. The van der Waals surface area contributed by atoms with Gasteiger partial charge in [0.1, 0.15) is 4.90 Å². The van der Waals surface area contributed by atoms with Crippen molar-refractivity contribution in [1.29, 1.82) is 0 Å². The summed E-state index contributed by atoms with van der Waals surface area (Å²) in [6.07, 6.45) is 1.46. The first kappa shape index (κ1) is 17.2. The summed E-state index contributed by atoms with van der Waals surface area (Å²) in [5.41, 5.74) is -0.453. The first-order chi connectivity index (χ1) is 9.12. The van der Waals surface area contributed by atoms with Crippen LogP contribution in [0.15, 0.2) is 21.5 Å². The van der Waals surface area contributed by atoms with Crippen LogP contribution in [0.3, 0.4) is 0 Å². The van der Waals surface area contributed by atoms with Gasteiger partial charge in [-0.25, -0.2) is 17.9 Å². The van der Waals surface area contributed by atoms with Crippen LogP contribution in [-0.2, 0) is 20.8 Å². The van der Waals surface area contributed by atoms with Crippen LogP contribution in [0.2, 0.25) is 0 Å². The summed E-state index contributed by atoms with van der Waals surface area (Å²) in [4.78, 5) is 11.0. The number of carbonyl (C=O) groups excluding carboxylic acids is 1. The van der Waals surface area contributed by atoms with E-state index in [1.807, 2.05) is 0 Å². The van der Waals surface area contributed by atoms with Crippen molar-refractivity contribution in [2.45, 2.75) is 4.90 Å². The maximum atomic E-state index is 14.0. The Kier molecular flexibility index (Phi) is 5.80. The maximum absolute atomic E-state index is 14.0. The SMILES string of the molecule is CS(=O)CCNC(=O)c1cc(Br)cc(S(N)(=O)=O)c1F. The topological polar surface area (TPSA) is 106 Å². The third-order valence-corrected chi connectivity index (χ3v) is 4.38. The lowest BCUT2D eigenvalue weighted by atomic mass is 10.2. The summed E-state index contributed by atoms with van der Waals surface area (Å²) in [7, 11) is -5.38. The minimum Gasteiger partial charge on any atom is -0.351 e. The molecule has 0 aliphatic heterocycles. The Bertz CT molecular complexity index is 663. The lowest BCUT2D eigenvalue weighted by Gasteiger charge is -2.09. The van der Waals surface area contributed by atoms with Gasteiger partial charge >= 0.3 is 0 Å². The summed E-state index contributed by atoms with van der Waals surface area (Å²) < 4.78 is 47.5. The lowest BCUT2D eigenvalue weighted by Crippen LogP contribution is -2.29. The van der Waals surface area contributed by atoms with Crippen molar-refractivity contribution in [3.8, 4) is 0 Å². The molecular formula is C10H12BrFN2O4S2. The highest BCUT2D eigenvalue weighted by molar-refractivity contribution is 9.10. The van der Waals surface area contributed by atoms with Crippen molar-refractivity contribution in [2.75, 3.05) is 18.6 Å². The molecule has 0 spiro atoms. The van der Waals surface area contributed by atoms with E-state index in [1.165, 1.54) is 6.26 Å². The highest BCUT2D eigenvalue weighted by Crippen LogP contribution is 2.23. The quantitative estimate of drug-likeness (QED) is 0.760. The van der Waals surface area contributed by atoms with Gasteiger partial charge < -0.3 is 5.32 Å². The molecule has 3 N–H and O–H groups in total. The second-order valence-electron chi connectivity index (χ2n) is 3.84. The molecule has 20 heavy (non-hydrogen) atoms. The average molecular weight is 387 g/mol. The van der Waals surface area contributed by atoms with E-state index in [0.29, 0.717) is 0 Å². The molecule has 1 aromatic rings. The van der Waals surface area contributed by atoms with Gasteiger partial charge in [0, 0.05) is 33.8 Å². The van der Waals surface area contributed by atoms with E-state index in [-0.39, 0.29) is 16.8 Å². The van der Waals surface area contributed by atoms with Crippen molar-refractivity contribution in [3.05, 3.63) is 28.0 Å². The molecule has 1 atom stereocenters. The van der Waals surface area contributed by atoms with Gasteiger partial charge in [-0.15, -0.1) is 0 Å². The Balaban J connectivity index is 3.10. The molecule has 10 heteroatoms. The second-order valence-corrected chi connectivity index (χ2v) is 7.84. The van der Waals surface area contributed by atoms with Gasteiger partial charge in [0.05, 0.1) is 5.56 Å². The molecule has 0 radical (unpaired) electrons. The molecule has 0 bridgehead atoms. The molecule has 0 fully saturated rings. The van der Waals surface area contributed by atoms with Crippen LogP contribution < -0.4 is 10.5 Å². The Hall–Kier alpha value is -0.840. The summed E-state index contributed by atoms with van der Waals surface area (Å²) in [6, 6.07) is 2.12. The van der Waals surface area contributed by atoms with Crippen molar-refractivity contribution in [1.82, 2.24) is 5.32 Å². The second kappa shape index (κ2) is 6.74. The van der Waals surface area contributed by atoms with E-state index in [2.05, 4.69) is 21.2 Å². The monoisotopic (exact) mass is 386 g/mol. The number of benzene rings is 1. The average Bonchev–Trinajstić information content (AvgIpc) is 2.29. The van der Waals surface area contributed by atoms with Gasteiger partial charge in [-0.05, 0) is 12.1 Å². The number of hydrogen-bond acceptors (Lipinski definition) is 4. The number of sulfonamides is 1. The zero-order valence-corrected chi connectivity index (χ0v) is 13.6. The molecule has 0 saturated carbocycles. The fourth-order valence-corrected chi connectivity index (χ4v) is 2.99. The van der Waals surface area contributed by atoms with Gasteiger partial charge in [-0.2, -0.15) is 0 Å². The fourth-order valence-electron chi connectivity index (χ4n) is 1.34. The molecule has 1 amide bonds. The van der Waals surface area contributed by atoms with Gasteiger partial charge in [0.2, 0.25) is 10.0 Å². The third-order valence-electron chi connectivity index (χ3n) is 2.23. The van der Waals surface area contributed by atoms with E-state index < -0.39 is 43.0 Å². The predicted octanol–water partition coefficient (Wildman–Crippen LogP) is 0.344. The molecule has 0 aliphatic carbocycles. The number of hydrogen-bond donors (Lipinski definition) is 2. The Morgan fingerprint density at radius 2 is 2.10 bits per heavy atom. The van der Waals surface area contributed by atoms with Gasteiger partial charge in [0.25, 0.3) is 5.91 Å². The minimum absolute atomic E-state index is 0.0820. The zero-order valence-electron chi connectivity index (χ0n) is 10.4. The molecule has 0 aromatic heterocycles. The van der Waals surface area contributed by atoms with Crippen LogP contribution in [0, 0.1) is 5.82 Å². The van der Waals surface area contributed by atoms with E-state index >= 15 is 0 Å². The highest BCUT2D eigenvalue weighted by Gasteiger charge is 2.22. The van der Waals surface area contributed by atoms with Crippen LogP contribution in [0.25, 0.3) is 0 Å². The van der Waals surface area contributed by atoms with Crippen molar-refractivity contribution >= 4 is 42.7 Å². The largest absolute Gasteiger partial charge is 0.351 e. The first-order valence-corrected chi connectivity index (χ1v) is 9.29. The molecule has 0 saturated heterocycles. The number of halogens is 2. The molecule has 112 valence electrons. The number of primary sulfonamides is 1. The lowest BCUT2D eigenvalue weighted by molar-refractivity contribution is 0.0951. The predicted molar refractivity (Wildman–Crippen MR) is 76.7 cm³/mol. The first-order valence-electron chi connectivity index (χ1n) is 5.23.